The normalized spacial score (nSPS) is 12.3. The summed E-state index contributed by atoms with van der Waals surface area (Å²) in [5, 5.41) is 4.46. The number of alkyl halides is 6. The Bertz CT molecular complexity index is 1690. The molecular weight excluding hydrogens is 512 g/mol. The summed E-state index contributed by atoms with van der Waals surface area (Å²) in [6.07, 6.45) is -4.58. The minimum absolute atomic E-state index is 0.101. The average Bonchev–Trinajstić information content (AvgIpc) is 3.19. The predicted molar refractivity (Wildman–Crippen MR) is 126 cm³/mol. The molecule has 0 aliphatic heterocycles. The fraction of sp³-hybridized carbons (Fsp3) is 0.154. The largest absolute Gasteiger partial charge is 0.433 e. The Morgan fingerprint density at radius 2 is 1.50 bits per heavy atom. The Hall–Kier alpha value is -4.48. The molecule has 0 bridgehead atoms. The van der Waals surface area contributed by atoms with Gasteiger partial charge in [0.05, 0.1) is 12.1 Å². The molecule has 5 rings (SSSR count). The molecular formula is C26H17F6N5O. The number of hydrogen-bond donors (Lipinski definition) is 0. The molecule has 0 aliphatic carbocycles. The van der Waals surface area contributed by atoms with Crippen LogP contribution in [0.15, 0.2) is 78.0 Å². The average molecular weight is 529 g/mol. The Morgan fingerprint density at radius 3 is 2.11 bits per heavy atom. The first kappa shape index (κ1) is 25.2. The number of rotatable bonds is 4. The zero-order valence-corrected chi connectivity index (χ0v) is 19.5. The van der Waals surface area contributed by atoms with Crippen LogP contribution in [0, 0.1) is 6.92 Å². The third-order valence-corrected chi connectivity index (χ3v) is 6.05. The Kier molecular flexibility index (Phi) is 6.04. The van der Waals surface area contributed by atoms with E-state index >= 15 is 0 Å². The van der Waals surface area contributed by atoms with Gasteiger partial charge in [-0.15, -0.1) is 5.10 Å². The van der Waals surface area contributed by atoms with Gasteiger partial charge in [-0.3, -0.25) is 4.98 Å². The Morgan fingerprint density at radius 1 is 0.816 bits per heavy atom. The van der Waals surface area contributed by atoms with Gasteiger partial charge in [0.1, 0.15) is 5.69 Å². The van der Waals surface area contributed by atoms with Gasteiger partial charge in [-0.1, -0.05) is 18.2 Å². The van der Waals surface area contributed by atoms with Crippen molar-refractivity contribution in [2.24, 2.45) is 0 Å². The lowest BCUT2D eigenvalue weighted by atomic mass is 9.95. The lowest BCUT2D eigenvalue weighted by Gasteiger charge is -2.12. The molecule has 1 aromatic carbocycles. The lowest BCUT2D eigenvalue weighted by Crippen LogP contribution is -2.22. The summed E-state index contributed by atoms with van der Waals surface area (Å²) in [6, 6.07) is 11.7. The van der Waals surface area contributed by atoms with Gasteiger partial charge in [-0.2, -0.15) is 26.3 Å². The maximum atomic E-state index is 13.2. The van der Waals surface area contributed by atoms with Gasteiger partial charge in [0.15, 0.2) is 5.65 Å². The number of benzene rings is 1. The first-order chi connectivity index (χ1) is 17.9. The topological polar surface area (TPSA) is 65.1 Å². The number of pyridine rings is 3. The number of halogens is 6. The Balaban J connectivity index is 1.65. The summed E-state index contributed by atoms with van der Waals surface area (Å²) in [5.74, 6) is 0. The molecule has 0 spiro atoms. The zero-order valence-electron chi connectivity index (χ0n) is 19.5. The van der Waals surface area contributed by atoms with Crippen molar-refractivity contribution < 1.29 is 26.3 Å². The van der Waals surface area contributed by atoms with Crippen LogP contribution < -0.4 is 5.69 Å². The summed E-state index contributed by atoms with van der Waals surface area (Å²) in [7, 11) is 0. The van der Waals surface area contributed by atoms with E-state index in [0.717, 1.165) is 22.9 Å². The van der Waals surface area contributed by atoms with Crippen LogP contribution in [-0.2, 0) is 18.9 Å². The van der Waals surface area contributed by atoms with E-state index in [9.17, 15) is 31.1 Å². The number of fused-ring (bicyclic) bond motifs is 1. The fourth-order valence-corrected chi connectivity index (χ4v) is 4.14. The molecule has 0 aliphatic rings. The summed E-state index contributed by atoms with van der Waals surface area (Å²) < 4.78 is 80.7. The number of aromatic nitrogens is 5. The van der Waals surface area contributed by atoms with Crippen molar-refractivity contribution in [3.8, 4) is 22.3 Å². The second kappa shape index (κ2) is 9.12. The van der Waals surface area contributed by atoms with Gasteiger partial charge < -0.3 is 0 Å². The van der Waals surface area contributed by atoms with Gasteiger partial charge in [-0.25, -0.2) is 18.9 Å². The predicted octanol–water partition coefficient (Wildman–Crippen LogP) is 6.01. The highest BCUT2D eigenvalue weighted by Crippen LogP contribution is 2.36. The highest BCUT2D eigenvalue weighted by molar-refractivity contribution is 5.91. The van der Waals surface area contributed by atoms with E-state index in [4.69, 9.17) is 0 Å². The second-order valence-corrected chi connectivity index (χ2v) is 8.49. The van der Waals surface area contributed by atoms with E-state index in [1.54, 1.807) is 18.2 Å². The van der Waals surface area contributed by atoms with Crippen LogP contribution in [0.4, 0.5) is 26.3 Å². The molecule has 38 heavy (non-hydrogen) atoms. The van der Waals surface area contributed by atoms with Crippen molar-refractivity contribution in [2.75, 3.05) is 0 Å². The molecule has 194 valence electrons. The molecule has 0 saturated heterocycles. The highest BCUT2D eigenvalue weighted by atomic mass is 19.4. The summed E-state index contributed by atoms with van der Waals surface area (Å²) in [5.41, 5.74) is 0.401. The van der Waals surface area contributed by atoms with Crippen molar-refractivity contribution in [3.05, 3.63) is 106 Å². The van der Waals surface area contributed by atoms with Crippen molar-refractivity contribution >= 4 is 5.65 Å². The second-order valence-electron chi connectivity index (χ2n) is 8.49. The lowest BCUT2D eigenvalue weighted by molar-refractivity contribution is -0.141. The van der Waals surface area contributed by atoms with E-state index in [1.807, 2.05) is 0 Å². The summed E-state index contributed by atoms with van der Waals surface area (Å²) in [4.78, 5) is 20.8. The van der Waals surface area contributed by atoms with Crippen LogP contribution in [0.3, 0.4) is 0 Å². The SMILES string of the molecule is Cc1nc(C(F)(F)F)ccc1Cn1nc2c(-c3ccncc3)c(-c3ccc(C(F)(F)F)cc3)ccn2c1=O. The summed E-state index contributed by atoms with van der Waals surface area (Å²) in [6.45, 7) is 1.28. The maximum absolute atomic E-state index is 13.2. The third kappa shape index (κ3) is 4.64. The number of aryl methyl sites for hydroxylation is 1. The van der Waals surface area contributed by atoms with E-state index in [1.165, 1.54) is 48.1 Å². The van der Waals surface area contributed by atoms with E-state index in [-0.39, 0.29) is 17.9 Å². The summed E-state index contributed by atoms with van der Waals surface area (Å²) >= 11 is 0. The molecule has 0 saturated carbocycles. The smallest absolute Gasteiger partial charge is 0.265 e. The minimum atomic E-state index is -4.60. The van der Waals surface area contributed by atoms with Gasteiger partial charge >= 0.3 is 18.0 Å². The quantitative estimate of drug-likeness (QED) is 0.268. The van der Waals surface area contributed by atoms with E-state index in [2.05, 4.69) is 15.1 Å². The van der Waals surface area contributed by atoms with Crippen LogP contribution in [0.2, 0.25) is 0 Å². The maximum Gasteiger partial charge on any atom is 0.433 e. The molecule has 0 atom stereocenters. The van der Waals surface area contributed by atoms with Crippen LogP contribution in [0.25, 0.3) is 27.9 Å². The standard InChI is InChI=1S/C26H17F6N5O/c1-15-18(4-7-21(34-15)26(30,31)32)14-37-24(38)36-13-10-20(16-2-5-19(6-3-16)25(27,28)29)22(23(36)35-37)17-8-11-33-12-9-17/h2-13H,14H2,1H3. The first-order valence-corrected chi connectivity index (χ1v) is 11.2. The number of hydrogen-bond acceptors (Lipinski definition) is 4. The molecule has 0 fully saturated rings. The van der Waals surface area contributed by atoms with Crippen molar-refractivity contribution in [1.29, 1.82) is 0 Å². The molecule has 4 heterocycles. The fourth-order valence-electron chi connectivity index (χ4n) is 4.14. The molecule has 0 radical (unpaired) electrons. The van der Waals surface area contributed by atoms with Crippen molar-refractivity contribution in [1.82, 2.24) is 24.1 Å². The molecule has 0 unspecified atom stereocenters. The Labute approximate surface area is 210 Å². The molecule has 12 heteroatoms. The zero-order chi connectivity index (χ0) is 27.2. The van der Waals surface area contributed by atoms with E-state index in [0.29, 0.717) is 27.8 Å². The molecule has 6 nitrogen and oxygen atoms in total. The monoisotopic (exact) mass is 529 g/mol. The molecule has 5 aromatic rings. The van der Waals surface area contributed by atoms with Crippen LogP contribution in [0.1, 0.15) is 22.5 Å². The molecule has 0 N–H and O–H groups in total. The van der Waals surface area contributed by atoms with Crippen LogP contribution in [0.5, 0.6) is 0 Å². The van der Waals surface area contributed by atoms with Gasteiger partial charge in [0.2, 0.25) is 0 Å². The molecule has 4 aromatic heterocycles. The molecule has 0 amide bonds. The van der Waals surface area contributed by atoms with E-state index < -0.39 is 29.3 Å². The minimum Gasteiger partial charge on any atom is -0.265 e. The van der Waals surface area contributed by atoms with Crippen molar-refractivity contribution in [2.45, 2.75) is 25.8 Å². The van der Waals surface area contributed by atoms with Crippen LogP contribution in [-0.4, -0.2) is 24.1 Å². The third-order valence-electron chi connectivity index (χ3n) is 6.05. The number of nitrogens with zero attached hydrogens (tertiary/aromatic N) is 5. The van der Waals surface area contributed by atoms with Crippen LogP contribution >= 0.6 is 0 Å². The van der Waals surface area contributed by atoms with Gasteiger partial charge in [-0.05, 0) is 65.6 Å². The van der Waals surface area contributed by atoms with Crippen molar-refractivity contribution in [3.63, 3.8) is 0 Å². The van der Waals surface area contributed by atoms with Gasteiger partial charge in [0.25, 0.3) is 0 Å². The first-order valence-electron chi connectivity index (χ1n) is 11.2. The highest BCUT2D eigenvalue weighted by Gasteiger charge is 2.33. The van der Waals surface area contributed by atoms with Gasteiger partial charge in [0, 0.05) is 29.8 Å².